The van der Waals surface area contributed by atoms with E-state index in [2.05, 4.69) is 10.3 Å². The second kappa shape index (κ2) is 7.91. The van der Waals surface area contributed by atoms with Crippen molar-refractivity contribution in [3.8, 4) is 5.88 Å². The number of carbonyl (C=O) groups excluding carboxylic acids is 1. The van der Waals surface area contributed by atoms with E-state index in [-0.39, 0.29) is 16.7 Å². The summed E-state index contributed by atoms with van der Waals surface area (Å²) in [6.07, 6.45) is 0.573. The number of pyridine rings is 1. The van der Waals surface area contributed by atoms with Gasteiger partial charge in [-0.05, 0) is 36.8 Å². The van der Waals surface area contributed by atoms with Gasteiger partial charge in [0.1, 0.15) is 18.0 Å². The fraction of sp³-hybridized carbons (Fsp3) is 0.333. The first-order valence-corrected chi connectivity index (χ1v) is 8.34. The van der Waals surface area contributed by atoms with Gasteiger partial charge < -0.3 is 14.8 Å². The zero-order chi connectivity index (χ0) is 17.8. The molecular weight excluding hydrogens is 347 g/mol. The summed E-state index contributed by atoms with van der Waals surface area (Å²) in [6, 6.07) is 7.89. The van der Waals surface area contributed by atoms with Gasteiger partial charge in [-0.1, -0.05) is 17.7 Å². The highest BCUT2D eigenvalue weighted by molar-refractivity contribution is 6.30. The molecule has 5 nitrogen and oxygen atoms in total. The Kier molecular flexibility index (Phi) is 5.63. The number of ketones is 1. The first kappa shape index (κ1) is 17.8. The SMILES string of the molecule is CC(=O)c1cccnc1O[C@H]1CNCCOC1c1ccc(Cl)c(F)c1. The molecule has 2 aromatic rings. The molecule has 7 heteroatoms. The number of halogens is 2. The highest BCUT2D eigenvalue weighted by Gasteiger charge is 2.30. The molecule has 0 amide bonds. The quantitative estimate of drug-likeness (QED) is 0.844. The van der Waals surface area contributed by atoms with Gasteiger partial charge in [0.2, 0.25) is 5.88 Å². The van der Waals surface area contributed by atoms with Crippen LogP contribution in [-0.4, -0.2) is 36.6 Å². The minimum Gasteiger partial charge on any atom is -0.469 e. The Morgan fingerprint density at radius 3 is 3.04 bits per heavy atom. The maximum atomic E-state index is 13.9. The molecule has 0 spiro atoms. The molecule has 25 heavy (non-hydrogen) atoms. The molecule has 1 N–H and O–H groups in total. The molecule has 1 unspecified atom stereocenters. The van der Waals surface area contributed by atoms with E-state index in [9.17, 15) is 9.18 Å². The predicted octanol–water partition coefficient (Wildman–Crippen LogP) is 3.19. The molecule has 132 valence electrons. The molecule has 2 atom stereocenters. The van der Waals surface area contributed by atoms with Crippen LogP contribution in [0.4, 0.5) is 4.39 Å². The van der Waals surface area contributed by atoms with Crippen LogP contribution in [0.5, 0.6) is 5.88 Å². The molecule has 0 radical (unpaired) electrons. The van der Waals surface area contributed by atoms with Crippen LogP contribution in [0.3, 0.4) is 0 Å². The first-order chi connectivity index (χ1) is 12.1. The summed E-state index contributed by atoms with van der Waals surface area (Å²) in [5.74, 6) is -0.410. The lowest BCUT2D eigenvalue weighted by Crippen LogP contribution is -2.35. The maximum absolute atomic E-state index is 13.9. The Hall–Kier alpha value is -2.02. The van der Waals surface area contributed by atoms with Crippen molar-refractivity contribution < 1.29 is 18.7 Å². The smallest absolute Gasteiger partial charge is 0.224 e. The lowest BCUT2D eigenvalue weighted by Gasteiger charge is -2.26. The highest BCUT2D eigenvalue weighted by atomic mass is 35.5. The van der Waals surface area contributed by atoms with Crippen LogP contribution in [0.2, 0.25) is 5.02 Å². The molecule has 3 rings (SSSR count). The Balaban J connectivity index is 1.91. The summed E-state index contributed by atoms with van der Waals surface area (Å²) in [4.78, 5) is 15.9. The van der Waals surface area contributed by atoms with Gasteiger partial charge in [0, 0.05) is 19.3 Å². The van der Waals surface area contributed by atoms with E-state index in [1.165, 1.54) is 19.1 Å². The second-order valence-electron chi connectivity index (χ2n) is 5.74. The number of nitrogens with zero attached hydrogens (tertiary/aromatic N) is 1. The van der Waals surface area contributed by atoms with Gasteiger partial charge in [0.15, 0.2) is 5.78 Å². The van der Waals surface area contributed by atoms with Crippen LogP contribution in [0.25, 0.3) is 0 Å². The normalized spacial score (nSPS) is 20.8. The van der Waals surface area contributed by atoms with Crippen LogP contribution in [0, 0.1) is 5.82 Å². The van der Waals surface area contributed by atoms with Crippen molar-refractivity contribution >= 4 is 17.4 Å². The highest BCUT2D eigenvalue weighted by Crippen LogP contribution is 2.29. The molecule has 1 aliphatic heterocycles. The number of nitrogens with one attached hydrogen (secondary N) is 1. The summed E-state index contributed by atoms with van der Waals surface area (Å²) < 4.78 is 25.7. The van der Waals surface area contributed by atoms with Gasteiger partial charge in [-0.25, -0.2) is 9.37 Å². The van der Waals surface area contributed by atoms with Gasteiger partial charge >= 0.3 is 0 Å². The number of hydrogen-bond acceptors (Lipinski definition) is 5. The van der Waals surface area contributed by atoms with E-state index >= 15 is 0 Å². The number of hydrogen-bond donors (Lipinski definition) is 1. The zero-order valence-electron chi connectivity index (χ0n) is 13.7. The maximum Gasteiger partial charge on any atom is 0.224 e. The van der Waals surface area contributed by atoms with Gasteiger partial charge in [-0.15, -0.1) is 0 Å². The molecule has 1 aromatic heterocycles. The largest absolute Gasteiger partial charge is 0.469 e. The molecule has 0 saturated carbocycles. The molecule has 1 fully saturated rings. The molecular formula is C18H18ClFN2O3. The first-order valence-electron chi connectivity index (χ1n) is 7.96. The van der Waals surface area contributed by atoms with Gasteiger partial charge in [-0.2, -0.15) is 0 Å². The van der Waals surface area contributed by atoms with E-state index in [0.29, 0.717) is 30.8 Å². The van der Waals surface area contributed by atoms with E-state index in [1.54, 1.807) is 24.4 Å². The minimum atomic E-state index is -0.513. The third-order valence-corrected chi connectivity index (χ3v) is 4.25. The lowest BCUT2D eigenvalue weighted by atomic mass is 10.0. The van der Waals surface area contributed by atoms with Crippen molar-refractivity contribution in [1.29, 1.82) is 0 Å². The predicted molar refractivity (Wildman–Crippen MR) is 91.6 cm³/mol. The van der Waals surface area contributed by atoms with Crippen LogP contribution < -0.4 is 10.1 Å². The lowest BCUT2D eigenvalue weighted by molar-refractivity contribution is -0.0104. The topological polar surface area (TPSA) is 60.5 Å². The minimum absolute atomic E-state index is 0.0524. The van der Waals surface area contributed by atoms with Crippen LogP contribution in [-0.2, 0) is 4.74 Å². The van der Waals surface area contributed by atoms with Gasteiger partial charge in [0.25, 0.3) is 0 Å². The fourth-order valence-corrected chi connectivity index (χ4v) is 2.83. The third-order valence-electron chi connectivity index (χ3n) is 3.95. The van der Waals surface area contributed by atoms with Crippen LogP contribution >= 0.6 is 11.6 Å². The molecule has 1 saturated heterocycles. The molecule has 1 aromatic carbocycles. The van der Waals surface area contributed by atoms with Gasteiger partial charge in [0.05, 0.1) is 17.2 Å². The van der Waals surface area contributed by atoms with E-state index < -0.39 is 18.0 Å². The zero-order valence-corrected chi connectivity index (χ0v) is 14.4. The Bertz CT molecular complexity index is 772. The average Bonchev–Trinajstić information content (AvgIpc) is 2.83. The average molecular weight is 365 g/mol. The Labute approximate surface area is 150 Å². The third kappa shape index (κ3) is 4.15. The van der Waals surface area contributed by atoms with Gasteiger partial charge in [-0.3, -0.25) is 4.79 Å². The number of benzene rings is 1. The summed E-state index contributed by atoms with van der Waals surface area (Å²) >= 11 is 5.77. The van der Waals surface area contributed by atoms with Crippen molar-refractivity contribution in [2.45, 2.75) is 19.1 Å². The van der Waals surface area contributed by atoms with E-state index in [0.717, 1.165) is 0 Å². The van der Waals surface area contributed by atoms with E-state index in [1.807, 2.05) is 0 Å². The molecule has 0 bridgehead atoms. The Morgan fingerprint density at radius 2 is 2.28 bits per heavy atom. The fourth-order valence-electron chi connectivity index (χ4n) is 2.72. The Morgan fingerprint density at radius 1 is 1.44 bits per heavy atom. The summed E-state index contributed by atoms with van der Waals surface area (Å²) in [6.45, 7) is 3.03. The summed E-state index contributed by atoms with van der Waals surface area (Å²) in [5, 5.41) is 3.26. The molecule has 1 aliphatic rings. The van der Waals surface area contributed by atoms with E-state index in [4.69, 9.17) is 21.1 Å². The summed E-state index contributed by atoms with van der Waals surface area (Å²) in [7, 11) is 0. The number of aromatic nitrogens is 1. The number of rotatable bonds is 4. The van der Waals surface area contributed by atoms with Crippen molar-refractivity contribution in [3.63, 3.8) is 0 Å². The van der Waals surface area contributed by atoms with Crippen molar-refractivity contribution in [3.05, 3.63) is 58.5 Å². The second-order valence-corrected chi connectivity index (χ2v) is 6.14. The molecule has 2 heterocycles. The van der Waals surface area contributed by atoms with Crippen LogP contribution in [0.1, 0.15) is 28.9 Å². The van der Waals surface area contributed by atoms with Crippen LogP contribution in [0.15, 0.2) is 36.5 Å². The summed E-state index contributed by atoms with van der Waals surface area (Å²) in [5.41, 5.74) is 1.02. The standard InChI is InChI=1S/C18H18ClFN2O3/c1-11(23)13-3-2-6-22-18(13)25-16-10-21-7-8-24-17(16)12-4-5-14(19)15(20)9-12/h2-6,9,16-17,21H,7-8,10H2,1H3/t16-,17?/m0/s1. The monoisotopic (exact) mass is 364 g/mol. The van der Waals surface area contributed by atoms with Crippen molar-refractivity contribution in [2.24, 2.45) is 0 Å². The molecule has 0 aliphatic carbocycles. The van der Waals surface area contributed by atoms with Crippen molar-refractivity contribution in [2.75, 3.05) is 19.7 Å². The van der Waals surface area contributed by atoms with Crippen molar-refractivity contribution in [1.82, 2.24) is 10.3 Å². The number of carbonyl (C=O) groups is 1. The number of Topliss-reactive ketones (excluding diaryl/α,β-unsaturated/α-hetero) is 1. The number of ether oxygens (including phenoxy) is 2.